The molecule has 1 heterocycles. The van der Waals surface area contributed by atoms with Gasteiger partial charge in [0.1, 0.15) is 0 Å². The standard InChI is InChI=1S/C17H15N3O2/c1-11(21)13-5-3-6-14(9-13)16-19-17(22-20-16)15-7-2-4-12(8-15)10-18/h2-9H,10,18H2,1H3. The molecular weight excluding hydrogens is 278 g/mol. The highest BCUT2D eigenvalue weighted by atomic mass is 16.5. The SMILES string of the molecule is CC(=O)c1cccc(-c2noc(-c3cccc(CN)c3)n2)c1. The fourth-order valence-electron chi connectivity index (χ4n) is 2.17. The molecule has 0 saturated heterocycles. The minimum absolute atomic E-state index is 0.00113. The van der Waals surface area contributed by atoms with Crippen LogP contribution in [0.3, 0.4) is 0 Å². The van der Waals surface area contributed by atoms with Gasteiger partial charge in [-0.1, -0.05) is 35.5 Å². The van der Waals surface area contributed by atoms with Gasteiger partial charge in [0.2, 0.25) is 5.82 Å². The summed E-state index contributed by atoms with van der Waals surface area (Å²) in [5, 5.41) is 3.99. The van der Waals surface area contributed by atoms with Gasteiger partial charge in [-0.3, -0.25) is 4.79 Å². The van der Waals surface area contributed by atoms with Crippen molar-refractivity contribution in [2.45, 2.75) is 13.5 Å². The monoisotopic (exact) mass is 293 g/mol. The molecule has 0 radical (unpaired) electrons. The third-order valence-corrected chi connectivity index (χ3v) is 3.36. The largest absolute Gasteiger partial charge is 0.334 e. The summed E-state index contributed by atoms with van der Waals surface area (Å²) >= 11 is 0. The molecule has 0 aliphatic heterocycles. The van der Waals surface area contributed by atoms with Crippen LogP contribution in [0.25, 0.3) is 22.8 Å². The molecule has 110 valence electrons. The molecule has 0 fully saturated rings. The third kappa shape index (κ3) is 2.80. The number of nitrogens with two attached hydrogens (primary N) is 1. The van der Waals surface area contributed by atoms with Gasteiger partial charge in [-0.05, 0) is 30.7 Å². The molecule has 0 aliphatic rings. The van der Waals surface area contributed by atoms with Crippen LogP contribution in [-0.2, 0) is 6.54 Å². The minimum atomic E-state index is 0.00113. The van der Waals surface area contributed by atoms with Crippen molar-refractivity contribution in [2.75, 3.05) is 0 Å². The molecule has 2 aromatic carbocycles. The Hall–Kier alpha value is -2.79. The summed E-state index contributed by atoms with van der Waals surface area (Å²) in [4.78, 5) is 15.8. The molecule has 0 saturated carbocycles. The molecule has 0 aliphatic carbocycles. The Morgan fingerprint density at radius 2 is 1.91 bits per heavy atom. The lowest BCUT2D eigenvalue weighted by atomic mass is 10.1. The first-order valence-corrected chi connectivity index (χ1v) is 6.92. The summed E-state index contributed by atoms with van der Waals surface area (Å²) in [6.45, 7) is 1.98. The van der Waals surface area contributed by atoms with E-state index in [1.54, 1.807) is 18.2 Å². The van der Waals surface area contributed by atoms with Gasteiger partial charge in [0.15, 0.2) is 5.78 Å². The van der Waals surface area contributed by atoms with Crippen LogP contribution in [0, 0.1) is 0 Å². The average Bonchev–Trinajstić information content (AvgIpc) is 3.05. The first kappa shape index (κ1) is 14.2. The second-order valence-electron chi connectivity index (χ2n) is 4.96. The first-order chi connectivity index (χ1) is 10.7. The van der Waals surface area contributed by atoms with Gasteiger partial charge >= 0.3 is 0 Å². The van der Waals surface area contributed by atoms with Crippen LogP contribution in [0.2, 0.25) is 0 Å². The van der Waals surface area contributed by atoms with Crippen molar-refractivity contribution in [3.8, 4) is 22.8 Å². The van der Waals surface area contributed by atoms with E-state index in [1.807, 2.05) is 30.3 Å². The molecule has 3 rings (SSSR count). The van der Waals surface area contributed by atoms with Crippen molar-refractivity contribution >= 4 is 5.78 Å². The van der Waals surface area contributed by atoms with E-state index in [1.165, 1.54) is 6.92 Å². The van der Waals surface area contributed by atoms with E-state index in [0.29, 0.717) is 23.8 Å². The maximum Gasteiger partial charge on any atom is 0.258 e. The highest BCUT2D eigenvalue weighted by molar-refractivity contribution is 5.95. The third-order valence-electron chi connectivity index (χ3n) is 3.36. The molecular formula is C17H15N3O2. The Morgan fingerprint density at radius 1 is 1.14 bits per heavy atom. The van der Waals surface area contributed by atoms with Gasteiger partial charge in [0.05, 0.1) is 0 Å². The van der Waals surface area contributed by atoms with Crippen molar-refractivity contribution in [2.24, 2.45) is 5.73 Å². The zero-order chi connectivity index (χ0) is 15.5. The highest BCUT2D eigenvalue weighted by Crippen LogP contribution is 2.23. The van der Waals surface area contributed by atoms with E-state index < -0.39 is 0 Å². The molecule has 0 spiro atoms. The predicted molar refractivity (Wildman–Crippen MR) is 83.1 cm³/mol. The molecule has 0 bridgehead atoms. The zero-order valence-electron chi connectivity index (χ0n) is 12.1. The maximum atomic E-state index is 11.5. The normalized spacial score (nSPS) is 10.6. The molecule has 3 aromatic rings. The Balaban J connectivity index is 1.96. The fraction of sp³-hybridized carbons (Fsp3) is 0.118. The van der Waals surface area contributed by atoms with Crippen LogP contribution in [0.5, 0.6) is 0 Å². The van der Waals surface area contributed by atoms with E-state index in [9.17, 15) is 4.79 Å². The number of rotatable bonds is 4. The number of nitrogens with zero attached hydrogens (tertiary/aromatic N) is 2. The van der Waals surface area contributed by atoms with E-state index >= 15 is 0 Å². The number of carbonyl (C=O) groups excluding carboxylic acids is 1. The molecule has 0 atom stereocenters. The topological polar surface area (TPSA) is 82.0 Å². The molecule has 5 nitrogen and oxygen atoms in total. The second-order valence-corrected chi connectivity index (χ2v) is 4.96. The lowest BCUT2D eigenvalue weighted by Gasteiger charge is -1.99. The van der Waals surface area contributed by atoms with Crippen LogP contribution in [0.15, 0.2) is 53.1 Å². The van der Waals surface area contributed by atoms with Gasteiger partial charge in [-0.25, -0.2) is 0 Å². The van der Waals surface area contributed by atoms with Crippen molar-refractivity contribution < 1.29 is 9.32 Å². The molecule has 0 unspecified atom stereocenters. The second kappa shape index (κ2) is 5.91. The highest BCUT2D eigenvalue weighted by Gasteiger charge is 2.12. The minimum Gasteiger partial charge on any atom is -0.334 e. The Bertz CT molecular complexity index is 824. The summed E-state index contributed by atoms with van der Waals surface area (Å²) in [6.07, 6.45) is 0. The Labute approximate surface area is 127 Å². The quantitative estimate of drug-likeness (QED) is 0.747. The summed E-state index contributed by atoms with van der Waals surface area (Å²) in [7, 11) is 0. The smallest absolute Gasteiger partial charge is 0.258 e. The number of ketones is 1. The van der Waals surface area contributed by atoms with Gasteiger partial charge in [0, 0.05) is 23.2 Å². The summed E-state index contributed by atoms with van der Waals surface area (Å²) in [5.74, 6) is 0.885. The van der Waals surface area contributed by atoms with Crippen molar-refractivity contribution in [3.05, 3.63) is 59.7 Å². The van der Waals surface area contributed by atoms with E-state index in [-0.39, 0.29) is 5.78 Å². The van der Waals surface area contributed by atoms with Gasteiger partial charge in [-0.15, -0.1) is 0 Å². The number of aromatic nitrogens is 2. The van der Waals surface area contributed by atoms with Crippen molar-refractivity contribution in [1.82, 2.24) is 10.1 Å². The molecule has 1 aromatic heterocycles. The number of carbonyl (C=O) groups is 1. The Morgan fingerprint density at radius 3 is 2.68 bits per heavy atom. The zero-order valence-corrected chi connectivity index (χ0v) is 12.1. The van der Waals surface area contributed by atoms with Crippen molar-refractivity contribution in [1.29, 1.82) is 0 Å². The lowest BCUT2D eigenvalue weighted by molar-refractivity contribution is 0.101. The molecule has 2 N–H and O–H groups in total. The fourth-order valence-corrected chi connectivity index (χ4v) is 2.17. The average molecular weight is 293 g/mol. The summed E-state index contributed by atoms with van der Waals surface area (Å²) in [5.41, 5.74) is 8.83. The van der Waals surface area contributed by atoms with E-state index in [4.69, 9.17) is 10.3 Å². The summed E-state index contributed by atoms with van der Waals surface area (Å²) in [6, 6.07) is 14.8. The molecule has 0 amide bonds. The van der Waals surface area contributed by atoms with Crippen LogP contribution < -0.4 is 5.73 Å². The van der Waals surface area contributed by atoms with E-state index in [2.05, 4.69) is 10.1 Å². The number of Topliss-reactive ketones (excluding diaryl/α,β-unsaturated/α-hetero) is 1. The number of hydrogen-bond acceptors (Lipinski definition) is 5. The van der Waals surface area contributed by atoms with Crippen LogP contribution in [0.4, 0.5) is 0 Å². The van der Waals surface area contributed by atoms with Gasteiger partial charge < -0.3 is 10.3 Å². The first-order valence-electron chi connectivity index (χ1n) is 6.92. The molecule has 22 heavy (non-hydrogen) atoms. The number of benzene rings is 2. The van der Waals surface area contributed by atoms with E-state index in [0.717, 1.165) is 16.7 Å². The van der Waals surface area contributed by atoms with Crippen LogP contribution >= 0.6 is 0 Å². The lowest BCUT2D eigenvalue weighted by Crippen LogP contribution is -1.95. The van der Waals surface area contributed by atoms with Crippen molar-refractivity contribution in [3.63, 3.8) is 0 Å². The number of hydrogen-bond donors (Lipinski definition) is 1. The Kier molecular flexibility index (Phi) is 3.80. The van der Waals surface area contributed by atoms with Crippen LogP contribution in [-0.4, -0.2) is 15.9 Å². The van der Waals surface area contributed by atoms with Gasteiger partial charge in [-0.2, -0.15) is 4.98 Å². The predicted octanol–water partition coefficient (Wildman–Crippen LogP) is 3.06. The maximum absolute atomic E-state index is 11.5. The van der Waals surface area contributed by atoms with Crippen LogP contribution in [0.1, 0.15) is 22.8 Å². The summed E-state index contributed by atoms with van der Waals surface area (Å²) < 4.78 is 5.32. The molecule has 5 heteroatoms. The van der Waals surface area contributed by atoms with Gasteiger partial charge in [0.25, 0.3) is 5.89 Å².